The van der Waals surface area contributed by atoms with Crippen LogP contribution in [0.2, 0.25) is 0 Å². The van der Waals surface area contributed by atoms with Crippen LogP contribution in [0.4, 0.5) is 0 Å². The molecule has 0 aliphatic carbocycles. The lowest BCUT2D eigenvalue weighted by Gasteiger charge is -2.39. The maximum Gasteiger partial charge on any atom is 0.254 e. The van der Waals surface area contributed by atoms with Gasteiger partial charge in [0.15, 0.2) is 0 Å². The molecule has 1 unspecified atom stereocenters. The molecule has 4 aromatic rings. The second-order valence-corrected chi connectivity index (χ2v) is 9.47. The van der Waals surface area contributed by atoms with E-state index >= 15 is 0 Å². The first-order valence-electron chi connectivity index (χ1n) is 11.6. The molecule has 0 saturated carbocycles. The van der Waals surface area contributed by atoms with E-state index < -0.39 is 0 Å². The van der Waals surface area contributed by atoms with E-state index in [0.717, 1.165) is 50.2 Å². The number of ether oxygens (including phenoxy) is 2. The summed E-state index contributed by atoms with van der Waals surface area (Å²) in [6.45, 7) is 0.597. The highest BCUT2D eigenvalue weighted by Crippen LogP contribution is 2.43. The van der Waals surface area contributed by atoms with Crippen LogP contribution in [-0.2, 0) is 6.42 Å². The van der Waals surface area contributed by atoms with E-state index in [0.29, 0.717) is 12.1 Å². The van der Waals surface area contributed by atoms with Crippen molar-refractivity contribution in [1.29, 1.82) is 0 Å². The first-order chi connectivity index (χ1) is 17.1. The Hall–Kier alpha value is -3.57. The number of nitrogens with zero attached hydrogens (tertiary/aromatic N) is 1. The molecule has 0 aromatic heterocycles. The van der Waals surface area contributed by atoms with E-state index in [2.05, 4.69) is 58.4 Å². The predicted octanol–water partition coefficient (Wildman–Crippen LogP) is 6.92. The highest BCUT2D eigenvalue weighted by atomic mass is 79.9. The number of amides is 1. The third kappa shape index (κ3) is 4.56. The van der Waals surface area contributed by atoms with Gasteiger partial charge >= 0.3 is 0 Å². The molecular formula is C30H26BrNO3. The van der Waals surface area contributed by atoms with Gasteiger partial charge in [0.05, 0.1) is 20.3 Å². The van der Waals surface area contributed by atoms with Gasteiger partial charge in [0.25, 0.3) is 5.91 Å². The summed E-state index contributed by atoms with van der Waals surface area (Å²) in [6.07, 6.45) is 0.723. The van der Waals surface area contributed by atoms with E-state index in [-0.39, 0.29) is 11.9 Å². The van der Waals surface area contributed by atoms with Gasteiger partial charge in [-0.15, -0.1) is 0 Å². The lowest BCUT2D eigenvalue weighted by atomic mass is 9.86. The largest absolute Gasteiger partial charge is 0.497 e. The van der Waals surface area contributed by atoms with E-state index in [1.807, 2.05) is 53.4 Å². The number of carbonyl (C=O) groups excluding carboxylic acids is 1. The van der Waals surface area contributed by atoms with Crippen LogP contribution in [0.25, 0.3) is 11.1 Å². The number of rotatable bonds is 5. The van der Waals surface area contributed by atoms with E-state index in [1.54, 1.807) is 14.2 Å². The van der Waals surface area contributed by atoms with Gasteiger partial charge in [-0.05, 0) is 52.9 Å². The van der Waals surface area contributed by atoms with Crippen LogP contribution in [0, 0.1) is 0 Å². The second-order valence-electron chi connectivity index (χ2n) is 8.55. The van der Waals surface area contributed by atoms with Gasteiger partial charge in [-0.3, -0.25) is 4.79 Å². The molecule has 35 heavy (non-hydrogen) atoms. The lowest BCUT2D eigenvalue weighted by Crippen LogP contribution is -2.40. The summed E-state index contributed by atoms with van der Waals surface area (Å²) >= 11 is 3.50. The highest BCUT2D eigenvalue weighted by Gasteiger charge is 2.35. The van der Waals surface area contributed by atoms with Gasteiger partial charge < -0.3 is 14.4 Å². The van der Waals surface area contributed by atoms with Crippen LogP contribution < -0.4 is 9.47 Å². The number of methoxy groups -OCH3 is 2. The summed E-state index contributed by atoms with van der Waals surface area (Å²) in [5.74, 6) is 1.47. The summed E-state index contributed by atoms with van der Waals surface area (Å²) in [7, 11) is 3.33. The number of carbonyl (C=O) groups is 1. The fraction of sp³-hybridized carbons (Fsp3) is 0.167. The smallest absolute Gasteiger partial charge is 0.254 e. The van der Waals surface area contributed by atoms with Gasteiger partial charge in [0.2, 0.25) is 0 Å². The fourth-order valence-electron chi connectivity index (χ4n) is 4.83. The molecule has 5 rings (SSSR count). The molecule has 0 bridgehead atoms. The van der Waals surface area contributed by atoms with E-state index in [4.69, 9.17) is 9.47 Å². The summed E-state index contributed by atoms with van der Waals surface area (Å²) in [4.78, 5) is 15.8. The first-order valence-corrected chi connectivity index (χ1v) is 12.3. The molecule has 0 fully saturated rings. The van der Waals surface area contributed by atoms with Gasteiger partial charge in [0.1, 0.15) is 11.5 Å². The molecule has 5 heteroatoms. The van der Waals surface area contributed by atoms with Crippen molar-refractivity contribution in [2.24, 2.45) is 0 Å². The fourth-order valence-corrected chi connectivity index (χ4v) is 5.23. The van der Waals surface area contributed by atoms with Crippen molar-refractivity contribution in [3.63, 3.8) is 0 Å². The molecule has 0 radical (unpaired) electrons. The summed E-state index contributed by atoms with van der Waals surface area (Å²) in [5, 5.41) is 0. The molecule has 1 atom stereocenters. The summed E-state index contributed by atoms with van der Waals surface area (Å²) in [5.41, 5.74) is 6.13. The molecule has 1 heterocycles. The van der Waals surface area contributed by atoms with Gasteiger partial charge in [-0.1, -0.05) is 76.6 Å². The maximum absolute atomic E-state index is 13.8. The van der Waals surface area contributed by atoms with Crippen molar-refractivity contribution in [3.05, 3.63) is 118 Å². The molecule has 0 saturated heterocycles. The SMILES string of the molecule is COc1cc2c(c(OC)c1)C(c1ccc(-c3ccccc3)cc1)N(C(=O)c1cccc(Br)c1)CC2. The Morgan fingerprint density at radius 3 is 2.29 bits per heavy atom. The third-order valence-electron chi connectivity index (χ3n) is 6.53. The molecule has 0 spiro atoms. The second kappa shape index (κ2) is 9.96. The summed E-state index contributed by atoms with van der Waals surface area (Å²) in [6, 6.07) is 30.0. The minimum atomic E-state index is -0.282. The zero-order valence-corrected chi connectivity index (χ0v) is 21.3. The number of hydrogen-bond donors (Lipinski definition) is 0. The summed E-state index contributed by atoms with van der Waals surface area (Å²) < 4.78 is 12.2. The Bertz CT molecular complexity index is 1330. The molecular weight excluding hydrogens is 502 g/mol. The number of fused-ring (bicyclic) bond motifs is 1. The Morgan fingerprint density at radius 1 is 0.857 bits per heavy atom. The van der Waals surface area contributed by atoms with E-state index in [1.165, 1.54) is 0 Å². The number of halogens is 1. The Labute approximate surface area is 214 Å². The quantitative estimate of drug-likeness (QED) is 0.282. The Kier molecular flexibility index (Phi) is 6.60. The van der Waals surface area contributed by atoms with Gasteiger partial charge in [-0.25, -0.2) is 0 Å². The topological polar surface area (TPSA) is 38.8 Å². The van der Waals surface area contributed by atoms with Crippen molar-refractivity contribution in [2.45, 2.75) is 12.5 Å². The van der Waals surface area contributed by atoms with Crippen LogP contribution in [0.3, 0.4) is 0 Å². The van der Waals surface area contributed by atoms with E-state index in [9.17, 15) is 4.79 Å². The maximum atomic E-state index is 13.8. The molecule has 1 aliphatic rings. The van der Waals surface area contributed by atoms with Crippen LogP contribution in [0.15, 0.2) is 95.5 Å². The standard InChI is InChI=1S/C30H26BrNO3/c1-34-26-18-23-15-16-32(30(33)24-9-6-10-25(31)17-24)29(28(23)27(19-26)35-2)22-13-11-21(12-14-22)20-7-4-3-5-8-20/h3-14,17-19,29H,15-16H2,1-2H3. The molecule has 176 valence electrons. The zero-order valence-electron chi connectivity index (χ0n) is 19.7. The Morgan fingerprint density at radius 2 is 1.60 bits per heavy atom. The van der Waals surface area contributed by atoms with Crippen molar-refractivity contribution in [3.8, 4) is 22.6 Å². The third-order valence-corrected chi connectivity index (χ3v) is 7.02. The monoisotopic (exact) mass is 527 g/mol. The minimum absolute atomic E-state index is 0.00745. The molecule has 4 aromatic carbocycles. The predicted molar refractivity (Wildman–Crippen MR) is 142 cm³/mol. The van der Waals surface area contributed by atoms with Gasteiger partial charge in [0, 0.05) is 28.2 Å². The highest BCUT2D eigenvalue weighted by molar-refractivity contribution is 9.10. The normalized spacial score (nSPS) is 14.8. The lowest BCUT2D eigenvalue weighted by molar-refractivity contribution is 0.0692. The molecule has 1 amide bonds. The first kappa shape index (κ1) is 23.2. The Balaban J connectivity index is 1.63. The van der Waals surface area contributed by atoms with Crippen LogP contribution in [0.1, 0.15) is 33.1 Å². The average Bonchev–Trinajstić information content (AvgIpc) is 2.92. The molecule has 4 nitrogen and oxygen atoms in total. The zero-order chi connectivity index (χ0) is 24.4. The van der Waals surface area contributed by atoms with Crippen LogP contribution in [-0.4, -0.2) is 31.6 Å². The molecule has 0 N–H and O–H groups in total. The van der Waals surface area contributed by atoms with Crippen molar-refractivity contribution in [2.75, 3.05) is 20.8 Å². The van der Waals surface area contributed by atoms with Crippen molar-refractivity contribution >= 4 is 21.8 Å². The average molecular weight is 528 g/mol. The van der Waals surface area contributed by atoms with Crippen molar-refractivity contribution < 1.29 is 14.3 Å². The van der Waals surface area contributed by atoms with Crippen molar-refractivity contribution in [1.82, 2.24) is 4.90 Å². The minimum Gasteiger partial charge on any atom is -0.497 e. The van der Waals surface area contributed by atoms with Gasteiger partial charge in [-0.2, -0.15) is 0 Å². The van der Waals surface area contributed by atoms with Crippen LogP contribution in [0.5, 0.6) is 11.5 Å². The molecule has 1 aliphatic heterocycles. The van der Waals surface area contributed by atoms with Crippen LogP contribution >= 0.6 is 15.9 Å². The number of hydrogen-bond acceptors (Lipinski definition) is 3. The number of benzene rings is 4.